The van der Waals surface area contributed by atoms with Crippen LogP contribution in [-0.4, -0.2) is 56.8 Å². The van der Waals surface area contributed by atoms with Crippen molar-refractivity contribution < 1.29 is 13.2 Å². The van der Waals surface area contributed by atoms with Gasteiger partial charge >= 0.3 is 0 Å². The first-order valence-electron chi connectivity index (χ1n) is 7.35. The molecule has 1 fully saturated rings. The van der Waals surface area contributed by atoms with Gasteiger partial charge in [0.25, 0.3) is 16.1 Å². The van der Waals surface area contributed by atoms with Gasteiger partial charge in [0.1, 0.15) is 0 Å². The van der Waals surface area contributed by atoms with Gasteiger partial charge in [-0.3, -0.25) is 4.79 Å². The zero-order valence-electron chi connectivity index (χ0n) is 13.2. The van der Waals surface area contributed by atoms with Gasteiger partial charge in [-0.05, 0) is 31.9 Å². The van der Waals surface area contributed by atoms with Gasteiger partial charge in [-0.2, -0.15) is 17.4 Å². The fourth-order valence-electron chi connectivity index (χ4n) is 2.48. The number of amides is 1. The zero-order chi connectivity index (χ0) is 16.3. The van der Waals surface area contributed by atoms with Crippen LogP contribution in [0.4, 0.5) is 0 Å². The molecule has 0 unspecified atom stereocenters. The normalized spacial score (nSPS) is 17.0. The molecule has 1 heterocycles. The topological polar surface area (TPSA) is 69.7 Å². The van der Waals surface area contributed by atoms with E-state index in [9.17, 15) is 13.2 Å². The monoisotopic (exact) mass is 325 g/mol. The summed E-state index contributed by atoms with van der Waals surface area (Å²) in [5.41, 5.74) is 1.74. The largest absolute Gasteiger partial charge is 0.339 e. The molecule has 1 aromatic carbocycles. The van der Waals surface area contributed by atoms with E-state index in [4.69, 9.17) is 0 Å². The van der Waals surface area contributed by atoms with E-state index < -0.39 is 10.2 Å². The van der Waals surface area contributed by atoms with E-state index in [-0.39, 0.29) is 11.9 Å². The Morgan fingerprint density at radius 1 is 1.27 bits per heavy atom. The Bertz CT molecular complexity index is 635. The number of nitrogens with zero attached hydrogens (tertiary/aromatic N) is 2. The molecule has 1 aliphatic heterocycles. The molecular weight excluding hydrogens is 302 g/mol. The van der Waals surface area contributed by atoms with Crippen LogP contribution in [0.15, 0.2) is 24.3 Å². The Morgan fingerprint density at radius 2 is 1.91 bits per heavy atom. The number of hydrogen-bond donors (Lipinski definition) is 1. The number of likely N-dealkylation sites (tertiary alicyclic amines) is 1. The van der Waals surface area contributed by atoms with Crippen molar-refractivity contribution >= 4 is 16.1 Å². The second kappa shape index (κ2) is 6.76. The van der Waals surface area contributed by atoms with E-state index in [1.54, 1.807) is 4.90 Å². The summed E-state index contributed by atoms with van der Waals surface area (Å²) < 4.78 is 27.4. The summed E-state index contributed by atoms with van der Waals surface area (Å²) >= 11 is 0. The lowest BCUT2D eigenvalue weighted by Crippen LogP contribution is -2.49. The lowest BCUT2D eigenvalue weighted by molar-refractivity contribution is 0.0711. The van der Waals surface area contributed by atoms with Crippen LogP contribution in [0.2, 0.25) is 0 Å². The van der Waals surface area contributed by atoms with Crippen molar-refractivity contribution in [3.05, 3.63) is 35.4 Å². The Morgan fingerprint density at radius 3 is 2.45 bits per heavy atom. The molecule has 7 heteroatoms. The van der Waals surface area contributed by atoms with Crippen molar-refractivity contribution in [2.24, 2.45) is 0 Å². The first-order chi connectivity index (χ1) is 10.3. The first-order valence-corrected chi connectivity index (χ1v) is 8.79. The summed E-state index contributed by atoms with van der Waals surface area (Å²) in [5.74, 6) is 0.0117. The maximum absolute atomic E-state index is 12.4. The van der Waals surface area contributed by atoms with Crippen LogP contribution in [0, 0.1) is 6.92 Å². The highest BCUT2D eigenvalue weighted by molar-refractivity contribution is 7.87. The summed E-state index contributed by atoms with van der Waals surface area (Å²) in [7, 11) is -0.416. The molecule has 2 rings (SSSR count). The molecule has 1 aliphatic rings. The minimum absolute atomic E-state index is 0.0117. The number of aryl methyl sites for hydroxylation is 1. The molecular formula is C15H23N3O3S. The number of rotatable bonds is 4. The predicted octanol–water partition coefficient (Wildman–Crippen LogP) is 0.996. The molecule has 0 aliphatic carbocycles. The molecule has 122 valence electrons. The second-order valence-corrected chi connectivity index (χ2v) is 7.76. The second-order valence-electron chi connectivity index (χ2n) is 5.84. The summed E-state index contributed by atoms with van der Waals surface area (Å²) in [4.78, 5) is 14.2. The lowest BCUT2D eigenvalue weighted by Gasteiger charge is -2.32. The molecule has 22 heavy (non-hydrogen) atoms. The predicted molar refractivity (Wildman–Crippen MR) is 85.8 cm³/mol. The average Bonchev–Trinajstić information content (AvgIpc) is 2.47. The molecule has 1 amide bonds. The summed E-state index contributed by atoms with van der Waals surface area (Å²) in [6.07, 6.45) is 1.26. The molecule has 0 atom stereocenters. The van der Waals surface area contributed by atoms with Gasteiger partial charge in [-0.25, -0.2) is 0 Å². The average molecular weight is 325 g/mol. The van der Waals surface area contributed by atoms with Gasteiger partial charge in [-0.1, -0.05) is 17.7 Å². The number of hydrogen-bond acceptors (Lipinski definition) is 3. The minimum Gasteiger partial charge on any atom is -0.339 e. The van der Waals surface area contributed by atoms with Crippen LogP contribution in [0.25, 0.3) is 0 Å². The van der Waals surface area contributed by atoms with Crippen LogP contribution >= 0.6 is 0 Å². The Kier molecular flexibility index (Phi) is 5.20. The van der Waals surface area contributed by atoms with Gasteiger partial charge in [0, 0.05) is 38.8 Å². The third-order valence-corrected chi connectivity index (χ3v) is 5.44. The lowest BCUT2D eigenvalue weighted by atomic mass is 10.0. The summed E-state index contributed by atoms with van der Waals surface area (Å²) in [5, 5.41) is 0. The molecule has 1 N–H and O–H groups in total. The van der Waals surface area contributed by atoms with E-state index in [2.05, 4.69) is 4.72 Å². The number of carbonyl (C=O) groups is 1. The maximum Gasteiger partial charge on any atom is 0.279 e. The van der Waals surface area contributed by atoms with Gasteiger partial charge in [-0.15, -0.1) is 0 Å². The molecule has 0 bridgehead atoms. The molecule has 0 radical (unpaired) electrons. The molecule has 6 nitrogen and oxygen atoms in total. The third-order valence-electron chi connectivity index (χ3n) is 3.84. The van der Waals surface area contributed by atoms with Crippen molar-refractivity contribution in [3.8, 4) is 0 Å². The molecule has 1 saturated heterocycles. The summed E-state index contributed by atoms with van der Waals surface area (Å²) in [6, 6.07) is 7.41. The minimum atomic E-state index is -3.41. The Balaban J connectivity index is 1.94. The van der Waals surface area contributed by atoms with Gasteiger partial charge < -0.3 is 4.90 Å². The van der Waals surface area contributed by atoms with Gasteiger partial charge in [0.05, 0.1) is 0 Å². The number of benzene rings is 1. The van der Waals surface area contributed by atoms with E-state index >= 15 is 0 Å². The third kappa shape index (κ3) is 4.06. The fourth-order valence-corrected chi connectivity index (χ4v) is 3.34. The maximum atomic E-state index is 12.4. The highest BCUT2D eigenvalue weighted by Crippen LogP contribution is 2.15. The highest BCUT2D eigenvalue weighted by atomic mass is 32.2. The SMILES string of the molecule is Cc1cccc(C(=O)N2CCC(NS(=O)(=O)N(C)C)CC2)c1. The molecule has 0 aromatic heterocycles. The van der Waals surface area contributed by atoms with Crippen LogP contribution in [0.3, 0.4) is 0 Å². The van der Waals surface area contributed by atoms with Crippen molar-refractivity contribution in [1.82, 2.24) is 13.9 Å². The standard InChI is InChI=1S/C15H23N3O3S/c1-12-5-4-6-13(11-12)15(19)18-9-7-14(8-10-18)16-22(20,21)17(2)3/h4-6,11,14,16H,7-10H2,1-3H3. The molecule has 0 saturated carbocycles. The molecule has 0 spiro atoms. The van der Waals surface area contributed by atoms with Crippen LogP contribution in [0.5, 0.6) is 0 Å². The number of nitrogens with one attached hydrogen (secondary N) is 1. The van der Waals surface area contributed by atoms with Crippen LogP contribution in [-0.2, 0) is 10.2 Å². The molecule has 1 aromatic rings. The quantitative estimate of drug-likeness (QED) is 0.898. The first kappa shape index (κ1) is 16.9. The van der Waals surface area contributed by atoms with Crippen LogP contribution in [0.1, 0.15) is 28.8 Å². The fraction of sp³-hybridized carbons (Fsp3) is 0.533. The number of carbonyl (C=O) groups excluding carboxylic acids is 1. The van der Waals surface area contributed by atoms with Crippen LogP contribution < -0.4 is 4.72 Å². The Hall–Kier alpha value is -1.44. The van der Waals surface area contributed by atoms with E-state index in [1.807, 2.05) is 31.2 Å². The highest BCUT2D eigenvalue weighted by Gasteiger charge is 2.27. The van der Waals surface area contributed by atoms with Crippen molar-refractivity contribution in [2.45, 2.75) is 25.8 Å². The van der Waals surface area contributed by atoms with E-state index in [1.165, 1.54) is 14.1 Å². The van der Waals surface area contributed by atoms with Gasteiger partial charge in [0.15, 0.2) is 0 Å². The van der Waals surface area contributed by atoms with Crippen molar-refractivity contribution in [1.29, 1.82) is 0 Å². The smallest absolute Gasteiger partial charge is 0.279 e. The van der Waals surface area contributed by atoms with E-state index in [0.717, 1.165) is 9.87 Å². The van der Waals surface area contributed by atoms with Crippen molar-refractivity contribution in [3.63, 3.8) is 0 Å². The van der Waals surface area contributed by atoms with Crippen molar-refractivity contribution in [2.75, 3.05) is 27.2 Å². The summed E-state index contributed by atoms with van der Waals surface area (Å²) in [6.45, 7) is 3.08. The Labute approximate surface area is 132 Å². The van der Waals surface area contributed by atoms with E-state index in [0.29, 0.717) is 31.5 Å². The van der Waals surface area contributed by atoms with Gasteiger partial charge in [0.2, 0.25) is 0 Å². The number of piperidine rings is 1. The zero-order valence-corrected chi connectivity index (χ0v) is 14.1.